The summed E-state index contributed by atoms with van der Waals surface area (Å²) >= 11 is 0. The monoisotopic (exact) mass is 189 g/mol. The SMILES string of the molecule is O=CN=C1[C]=CC=CC1N1CCCC1. The third-order valence-electron chi connectivity index (χ3n) is 2.63. The third kappa shape index (κ3) is 1.82. The Hall–Kier alpha value is -1.22. The summed E-state index contributed by atoms with van der Waals surface area (Å²) in [5.41, 5.74) is 0.740. The predicted molar refractivity (Wildman–Crippen MR) is 55.0 cm³/mol. The summed E-state index contributed by atoms with van der Waals surface area (Å²) in [4.78, 5) is 16.5. The molecule has 0 spiro atoms. The Morgan fingerprint density at radius 2 is 2.29 bits per heavy atom. The van der Waals surface area contributed by atoms with Crippen LogP contribution >= 0.6 is 0 Å². The first-order valence-corrected chi connectivity index (χ1v) is 4.94. The molecular weight excluding hydrogens is 176 g/mol. The number of likely N-dealkylation sites (tertiary alicyclic amines) is 1. The van der Waals surface area contributed by atoms with Gasteiger partial charge in [0.25, 0.3) is 0 Å². The minimum absolute atomic E-state index is 0.160. The Bertz CT molecular complexity index is 298. The van der Waals surface area contributed by atoms with Crippen molar-refractivity contribution in [2.75, 3.05) is 13.1 Å². The highest BCUT2D eigenvalue weighted by molar-refractivity contribution is 6.01. The van der Waals surface area contributed by atoms with Crippen molar-refractivity contribution in [2.45, 2.75) is 18.9 Å². The lowest BCUT2D eigenvalue weighted by Crippen LogP contribution is -2.38. The normalized spacial score (nSPS) is 30.0. The van der Waals surface area contributed by atoms with Crippen molar-refractivity contribution in [3.8, 4) is 0 Å². The van der Waals surface area contributed by atoms with Crippen LogP contribution in [0, 0.1) is 6.08 Å². The fraction of sp³-hybridized carbons (Fsp3) is 0.455. The summed E-state index contributed by atoms with van der Waals surface area (Å²) in [5, 5.41) is 0. The molecule has 1 aliphatic heterocycles. The molecule has 0 bridgehead atoms. The Labute approximate surface area is 83.8 Å². The second-order valence-electron chi connectivity index (χ2n) is 3.50. The van der Waals surface area contributed by atoms with Crippen LogP contribution in [0.3, 0.4) is 0 Å². The molecule has 73 valence electrons. The first-order chi connectivity index (χ1) is 6.92. The molecule has 1 heterocycles. The van der Waals surface area contributed by atoms with Crippen LogP contribution in [0.4, 0.5) is 0 Å². The molecular formula is C11H13N2O. The third-order valence-corrected chi connectivity index (χ3v) is 2.63. The summed E-state index contributed by atoms with van der Waals surface area (Å²) in [6.07, 6.45) is 11.9. The van der Waals surface area contributed by atoms with Crippen LogP contribution in [-0.2, 0) is 4.79 Å². The van der Waals surface area contributed by atoms with Gasteiger partial charge in [-0.15, -0.1) is 0 Å². The molecule has 1 radical (unpaired) electrons. The maximum atomic E-state index is 10.3. The van der Waals surface area contributed by atoms with Gasteiger partial charge < -0.3 is 0 Å². The zero-order valence-corrected chi connectivity index (χ0v) is 8.02. The topological polar surface area (TPSA) is 32.7 Å². The lowest BCUT2D eigenvalue weighted by molar-refractivity contribution is -0.106. The smallest absolute Gasteiger partial charge is 0.233 e. The van der Waals surface area contributed by atoms with Crippen molar-refractivity contribution in [3.05, 3.63) is 24.3 Å². The molecule has 14 heavy (non-hydrogen) atoms. The molecule has 1 amide bonds. The van der Waals surface area contributed by atoms with Crippen LogP contribution in [0.1, 0.15) is 12.8 Å². The fourth-order valence-electron chi connectivity index (χ4n) is 1.96. The minimum Gasteiger partial charge on any atom is -0.292 e. The highest BCUT2D eigenvalue weighted by atomic mass is 16.1. The van der Waals surface area contributed by atoms with E-state index >= 15 is 0 Å². The lowest BCUT2D eigenvalue weighted by Gasteiger charge is -2.25. The summed E-state index contributed by atoms with van der Waals surface area (Å²) < 4.78 is 0. The van der Waals surface area contributed by atoms with E-state index in [1.54, 1.807) is 6.08 Å². The van der Waals surface area contributed by atoms with E-state index in [1.165, 1.54) is 12.8 Å². The Morgan fingerprint density at radius 1 is 1.50 bits per heavy atom. The number of hydrogen-bond donors (Lipinski definition) is 0. The number of nitrogens with zero attached hydrogens (tertiary/aromatic N) is 2. The van der Waals surface area contributed by atoms with E-state index in [-0.39, 0.29) is 6.04 Å². The predicted octanol–water partition coefficient (Wildman–Crippen LogP) is 0.977. The maximum absolute atomic E-state index is 10.3. The lowest BCUT2D eigenvalue weighted by atomic mass is 10.1. The minimum atomic E-state index is 0.160. The van der Waals surface area contributed by atoms with Crippen molar-refractivity contribution in [1.82, 2.24) is 4.90 Å². The first kappa shape index (κ1) is 9.34. The van der Waals surface area contributed by atoms with Crippen molar-refractivity contribution < 1.29 is 4.79 Å². The van der Waals surface area contributed by atoms with Gasteiger partial charge in [0.15, 0.2) is 0 Å². The van der Waals surface area contributed by atoms with Gasteiger partial charge in [-0.05, 0) is 25.9 Å². The molecule has 2 aliphatic rings. The summed E-state index contributed by atoms with van der Waals surface area (Å²) in [7, 11) is 0. The second kappa shape index (κ2) is 4.33. The molecule has 1 atom stereocenters. The van der Waals surface area contributed by atoms with Crippen LogP contribution in [0.25, 0.3) is 0 Å². The Morgan fingerprint density at radius 3 is 3.00 bits per heavy atom. The summed E-state index contributed by atoms with van der Waals surface area (Å²) in [5.74, 6) is 0. The standard InChI is InChI=1S/C11H13N2O/c14-9-12-10-5-1-2-6-11(10)13-7-3-4-8-13/h1-2,6,9,11H,3-4,7-8H2. The average molecular weight is 189 g/mol. The van der Waals surface area contributed by atoms with E-state index in [0.29, 0.717) is 6.41 Å². The van der Waals surface area contributed by atoms with Crippen molar-refractivity contribution >= 4 is 12.1 Å². The van der Waals surface area contributed by atoms with Gasteiger partial charge >= 0.3 is 0 Å². The molecule has 1 fully saturated rings. The van der Waals surface area contributed by atoms with Gasteiger partial charge in [0.1, 0.15) is 0 Å². The Kier molecular flexibility index (Phi) is 2.89. The van der Waals surface area contributed by atoms with Crippen LogP contribution in [0.5, 0.6) is 0 Å². The molecule has 0 saturated carbocycles. The second-order valence-corrected chi connectivity index (χ2v) is 3.50. The molecule has 0 N–H and O–H groups in total. The molecule has 1 unspecified atom stereocenters. The van der Waals surface area contributed by atoms with Gasteiger partial charge in [0, 0.05) is 6.08 Å². The number of aliphatic imine (C=N–C) groups is 1. The average Bonchev–Trinajstić information content (AvgIpc) is 2.72. The molecule has 1 aliphatic carbocycles. The highest BCUT2D eigenvalue weighted by Crippen LogP contribution is 2.16. The van der Waals surface area contributed by atoms with Crippen LogP contribution in [-0.4, -0.2) is 36.2 Å². The first-order valence-electron chi connectivity index (χ1n) is 4.94. The Balaban J connectivity index is 2.15. The van der Waals surface area contributed by atoms with Crippen molar-refractivity contribution in [1.29, 1.82) is 0 Å². The zero-order chi connectivity index (χ0) is 9.80. The number of allylic oxidation sites excluding steroid dienone is 2. The number of rotatable bonds is 2. The van der Waals surface area contributed by atoms with E-state index in [1.807, 2.05) is 6.08 Å². The quantitative estimate of drug-likeness (QED) is 0.606. The molecule has 3 heteroatoms. The van der Waals surface area contributed by atoms with Gasteiger partial charge in [-0.25, -0.2) is 4.99 Å². The van der Waals surface area contributed by atoms with Gasteiger partial charge in [-0.1, -0.05) is 18.2 Å². The highest BCUT2D eigenvalue weighted by Gasteiger charge is 2.23. The van der Waals surface area contributed by atoms with Crippen molar-refractivity contribution in [3.63, 3.8) is 0 Å². The fourth-order valence-corrected chi connectivity index (χ4v) is 1.96. The summed E-state index contributed by atoms with van der Waals surface area (Å²) in [6.45, 7) is 2.18. The van der Waals surface area contributed by atoms with E-state index < -0.39 is 0 Å². The van der Waals surface area contributed by atoms with E-state index in [2.05, 4.69) is 22.0 Å². The maximum Gasteiger partial charge on any atom is 0.233 e. The molecule has 0 aromatic rings. The van der Waals surface area contributed by atoms with E-state index in [4.69, 9.17) is 0 Å². The number of carbonyl (C=O) groups excluding carboxylic acids is 1. The summed E-state index contributed by atoms with van der Waals surface area (Å²) in [6, 6.07) is 0.160. The largest absolute Gasteiger partial charge is 0.292 e. The van der Waals surface area contributed by atoms with Gasteiger partial charge in [-0.3, -0.25) is 9.69 Å². The molecule has 0 aromatic heterocycles. The number of amides is 1. The number of hydrogen-bond acceptors (Lipinski definition) is 2. The molecule has 0 aromatic carbocycles. The van der Waals surface area contributed by atoms with Gasteiger partial charge in [-0.2, -0.15) is 0 Å². The molecule has 3 nitrogen and oxygen atoms in total. The zero-order valence-electron chi connectivity index (χ0n) is 8.02. The van der Waals surface area contributed by atoms with Crippen LogP contribution < -0.4 is 0 Å². The molecule has 2 rings (SSSR count). The van der Waals surface area contributed by atoms with Gasteiger partial charge in [0.05, 0.1) is 11.8 Å². The van der Waals surface area contributed by atoms with E-state index in [0.717, 1.165) is 18.8 Å². The van der Waals surface area contributed by atoms with Crippen molar-refractivity contribution in [2.24, 2.45) is 4.99 Å². The van der Waals surface area contributed by atoms with Gasteiger partial charge in [0.2, 0.25) is 6.41 Å². The molecule has 1 saturated heterocycles. The van der Waals surface area contributed by atoms with E-state index in [9.17, 15) is 4.79 Å². The number of carbonyl (C=O) groups is 1. The van der Waals surface area contributed by atoms with Crippen LogP contribution in [0.15, 0.2) is 23.2 Å². The van der Waals surface area contributed by atoms with Crippen LogP contribution in [0.2, 0.25) is 0 Å².